The molecule has 1 aliphatic rings. The molecule has 2 N–H and O–H groups in total. The number of methoxy groups -OCH3 is 1. The fourth-order valence-electron chi connectivity index (χ4n) is 4.73. The van der Waals surface area contributed by atoms with E-state index in [1.807, 2.05) is 0 Å². The summed E-state index contributed by atoms with van der Waals surface area (Å²) in [5.74, 6) is -2.63. The Kier molecular flexibility index (Phi) is 9.91. The number of thiol groups is 1. The Morgan fingerprint density at radius 3 is 2.36 bits per heavy atom. The van der Waals surface area contributed by atoms with E-state index in [0.717, 1.165) is 11.2 Å². The average Bonchev–Trinajstić information content (AvgIpc) is 3.21. The lowest BCUT2D eigenvalue weighted by atomic mass is 10.1. The number of rotatable bonds is 13. The highest BCUT2D eigenvalue weighted by Gasteiger charge is 2.43. The van der Waals surface area contributed by atoms with E-state index in [2.05, 4.69) is 22.7 Å². The molecule has 15 heteroatoms. The summed E-state index contributed by atoms with van der Waals surface area (Å²) < 4.78 is 64.1. The summed E-state index contributed by atoms with van der Waals surface area (Å²) in [5.41, 5.74) is 0.116. The maximum absolute atomic E-state index is 13.8. The van der Waals surface area contributed by atoms with Crippen molar-refractivity contribution >= 4 is 55.9 Å². The number of ether oxygens (including phenoxy) is 2. The SMILES string of the molecule is CCOc1cc([C@@H](CS(C)(=O)=O)N2C(=O)c3cccc(NS(=O)(=O)CCNC(=O)c4ccccc4S)c3C2=O)ccc1OC. The first kappa shape index (κ1) is 32.8. The molecule has 0 spiro atoms. The molecule has 3 aromatic carbocycles. The van der Waals surface area contributed by atoms with Crippen molar-refractivity contribution in [2.24, 2.45) is 0 Å². The van der Waals surface area contributed by atoms with Gasteiger partial charge in [-0.15, -0.1) is 12.6 Å². The Labute approximate surface area is 261 Å². The summed E-state index contributed by atoms with van der Waals surface area (Å²) in [6.07, 6.45) is 0.984. The maximum atomic E-state index is 13.8. The van der Waals surface area contributed by atoms with E-state index < -0.39 is 55.1 Å². The predicted molar refractivity (Wildman–Crippen MR) is 167 cm³/mol. The number of hydrogen-bond acceptors (Lipinski definition) is 10. The van der Waals surface area contributed by atoms with E-state index in [1.165, 1.54) is 37.4 Å². The van der Waals surface area contributed by atoms with Gasteiger partial charge >= 0.3 is 0 Å². The minimum atomic E-state index is -4.12. The molecule has 1 aliphatic heterocycles. The molecular weight excluding hydrogens is 631 g/mol. The summed E-state index contributed by atoms with van der Waals surface area (Å²) in [4.78, 5) is 41.1. The van der Waals surface area contributed by atoms with Gasteiger partial charge in [0.1, 0.15) is 9.84 Å². The monoisotopic (exact) mass is 661 g/mol. The summed E-state index contributed by atoms with van der Waals surface area (Å²) in [7, 11) is -6.41. The molecule has 44 heavy (non-hydrogen) atoms. The molecule has 0 saturated heterocycles. The standard InChI is InChI=1S/C29H31N3O9S3/c1-4-41-24-16-18(12-13-23(24)40-2)22(17-43(3,36)37)32-28(34)20-9-7-10-21(26(20)29(32)35)31-44(38,39)15-14-30-27(33)19-8-5-6-11-25(19)42/h5-13,16,22,31,42H,4,14-15,17H2,1-3H3,(H,30,33)/t22-/m1/s1. The van der Waals surface area contributed by atoms with Gasteiger partial charge in [0, 0.05) is 17.7 Å². The highest BCUT2D eigenvalue weighted by molar-refractivity contribution is 7.92. The zero-order valence-electron chi connectivity index (χ0n) is 24.1. The van der Waals surface area contributed by atoms with Crippen molar-refractivity contribution in [1.29, 1.82) is 0 Å². The van der Waals surface area contributed by atoms with Crippen LogP contribution in [-0.2, 0) is 19.9 Å². The first-order chi connectivity index (χ1) is 20.8. The number of imide groups is 1. The third-order valence-electron chi connectivity index (χ3n) is 6.66. The Morgan fingerprint density at radius 1 is 0.977 bits per heavy atom. The summed E-state index contributed by atoms with van der Waals surface area (Å²) >= 11 is 4.23. The van der Waals surface area contributed by atoms with Gasteiger partial charge in [0.25, 0.3) is 17.7 Å². The van der Waals surface area contributed by atoms with Gasteiger partial charge in [-0.2, -0.15) is 0 Å². The van der Waals surface area contributed by atoms with Gasteiger partial charge in [0.15, 0.2) is 11.5 Å². The Morgan fingerprint density at radius 2 is 1.70 bits per heavy atom. The number of nitrogens with zero attached hydrogens (tertiary/aromatic N) is 1. The summed E-state index contributed by atoms with van der Waals surface area (Å²) in [6.45, 7) is 1.78. The molecular formula is C29H31N3O9S3. The second kappa shape index (κ2) is 13.3. The molecule has 1 heterocycles. The molecule has 12 nitrogen and oxygen atoms in total. The second-order valence-electron chi connectivity index (χ2n) is 9.85. The van der Waals surface area contributed by atoms with Crippen molar-refractivity contribution in [3.05, 3.63) is 82.9 Å². The van der Waals surface area contributed by atoms with Gasteiger partial charge in [-0.3, -0.25) is 24.0 Å². The molecule has 4 rings (SSSR count). The van der Waals surface area contributed by atoms with Crippen LogP contribution in [0.3, 0.4) is 0 Å². The van der Waals surface area contributed by atoms with Crippen molar-refractivity contribution in [3.8, 4) is 11.5 Å². The number of carbonyl (C=O) groups excluding carboxylic acids is 3. The van der Waals surface area contributed by atoms with Gasteiger partial charge in [-0.05, 0) is 48.9 Å². The lowest BCUT2D eigenvalue weighted by Crippen LogP contribution is -2.38. The van der Waals surface area contributed by atoms with Crippen LogP contribution in [0.4, 0.5) is 5.69 Å². The quantitative estimate of drug-likeness (QED) is 0.185. The number of nitrogens with one attached hydrogen (secondary N) is 2. The molecule has 1 atom stereocenters. The second-order valence-corrected chi connectivity index (χ2v) is 14.4. The topological polar surface area (TPSA) is 165 Å². The molecule has 0 unspecified atom stereocenters. The van der Waals surface area contributed by atoms with Crippen molar-refractivity contribution < 1.29 is 40.7 Å². The van der Waals surface area contributed by atoms with E-state index >= 15 is 0 Å². The molecule has 0 radical (unpaired) electrons. The molecule has 3 amide bonds. The maximum Gasteiger partial charge on any atom is 0.264 e. The van der Waals surface area contributed by atoms with E-state index in [4.69, 9.17) is 9.47 Å². The average molecular weight is 662 g/mol. The molecule has 0 fully saturated rings. The van der Waals surface area contributed by atoms with Crippen molar-refractivity contribution in [1.82, 2.24) is 10.2 Å². The smallest absolute Gasteiger partial charge is 0.264 e. The van der Waals surface area contributed by atoms with Gasteiger partial charge in [-0.25, -0.2) is 16.8 Å². The number of benzene rings is 3. The first-order valence-corrected chi connectivity index (χ1v) is 17.5. The first-order valence-electron chi connectivity index (χ1n) is 13.3. The van der Waals surface area contributed by atoms with Crippen molar-refractivity contribution in [2.75, 3.05) is 42.7 Å². The number of sulfonamides is 1. The number of amides is 3. The van der Waals surface area contributed by atoms with Crippen LogP contribution in [0.5, 0.6) is 11.5 Å². The highest BCUT2D eigenvalue weighted by Crippen LogP contribution is 2.38. The summed E-state index contributed by atoms with van der Waals surface area (Å²) in [5, 5.41) is 2.52. The van der Waals surface area contributed by atoms with Gasteiger partial charge in [-0.1, -0.05) is 24.3 Å². The number of anilines is 1. The fraction of sp³-hybridized carbons (Fsp3) is 0.276. The van der Waals surface area contributed by atoms with Crippen molar-refractivity contribution in [3.63, 3.8) is 0 Å². The highest BCUT2D eigenvalue weighted by atomic mass is 32.2. The molecule has 3 aromatic rings. The Hall–Kier alpha value is -4.08. The lowest BCUT2D eigenvalue weighted by molar-refractivity contribution is 0.0597. The molecule has 0 aliphatic carbocycles. The van der Waals surface area contributed by atoms with Gasteiger partial charge < -0.3 is 14.8 Å². The normalized spacial score (nSPS) is 13.8. The van der Waals surface area contributed by atoms with Crippen LogP contribution >= 0.6 is 12.6 Å². The number of hydrogen-bond donors (Lipinski definition) is 3. The van der Waals surface area contributed by atoms with Crippen LogP contribution in [0.25, 0.3) is 0 Å². The van der Waals surface area contributed by atoms with E-state index in [1.54, 1.807) is 37.3 Å². The number of fused-ring (bicyclic) bond motifs is 1. The molecule has 0 aromatic heterocycles. The summed E-state index contributed by atoms with van der Waals surface area (Å²) in [6, 6.07) is 14.0. The number of carbonyl (C=O) groups is 3. The largest absolute Gasteiger partial charge is 0.493 e. The van der Waals surface area contributed by atoms with Crippen molar-refractivity contribution in [2.45, 2.75) is 17.9 Å². The third kappa shape index (κ3) is 7.34. The van der Waals surface area contributed by atoms with Gasteiger partial charge in [0.2, 0.25) is 10.0 Å². The van der Waals surface area contributed by atoms with E-state index in [9.17, 15) is 31.2 Å². The van der Waals surface area contributed by atoms with Crippen LogP contribution in [-0.4, -0.2) is 77.5 Å². The Balaban J connectivity index is 1.60. The van der Waals surface area contributed by atoms with Crippen LogP contribution in [0.1, 0.15) is 49.6 Å². The van der Waals surface area contributed by atoms with Crippen LogP contribution < -0.4 is 19.5 Å². The third-order valence-corrected chi connectivity index (χ3v) is 9.25. The van der Waals surface area contributed by atoms with Crippen LogP contribution in [0, 0.1) is 0 Å². The van der Waals surface area contributed by atoms with Gasteiger partial charge in [0.05, 0.1) is 53.6 Å². The Bertz CT molecular complexity index is 1830. The molecule has 0 bridgehead atoms. The zero-order chi connectivity index (χ0) is 32.2. The van der Waals surface area contributed by atoms with Crippen LogP contribution in [0.2, 0.25) is 0 Å². The van der Waals surface area contributed by atoms with Crippen LogP contribution in [0.15, 0.2) is 65.6 Å². The minimum absolute atomic E-state index is 0.0917. The molecule has 234 valence electrons. The van der Waals surface area contributed by atoms with E-state index in [0.29, 0.717) is 22.0 Å². The zero-order valence-corrected chi connectivity index (χ0v) is 26.6. The van der Waals surface area contributed by atoms with E-state index in [-0.39, 0.29) is 35.5 Å². The fourth-order valence-corrected chi connectivity index (χ4v) is 6.88. The minimum Gasteiger partial charge on any atom is -0.493 e. The molecule has 0 saturated carbocycles. The lowest BCUT2D eigenvalue weighted by Gasteiger charge is -2.27. The predicted octanol–water partition coefficient (Wildman–Crippen LogP) is 2.94. The number of sulfone groups is 1.